The van der Waals surface area contributed by atoms with E-state index < -0.39 is 5.25 Å². The van der Waals surface area contributed by atoms with Crippen LogP contribution in [0.1, 0.15) is 41.2 Å². The molecular formula is C23H23N3O4S. The zero-order valence-corrected chi connectivity index (χ0v) is 18.4. The van der Waals surface area contributed by atoms with Gasteiger partial charge in [0, 0.05) is 24.7 Å². The third-order valence-corrected chi connectivity index (χ3v) is 6.05. The average Bonchev–Trinajstić information content (AvgIpc) is 3.39. The number of nitrogens with zero attached hydrogens (tertiary/aromatic N) is 3. The highest BCUT2D eigenvalue weighted by atomic mass is 32.2. The third kappa shape index (κ3) is 4.80. The number of Topliss-reactive ketones (excluding diaryl/α,β-unsaturated/α-hetero) is 1. The lowest BCUT2D eigenvalue weighted by Gasteiger charge is -2.15. The summed E-state index contributed by atoms with van der Waals surface area (Å²) < 4.78 is 11.3. The van der Waals surface area contributed by atoms with Crippen molar-refractivity contribution in [1.82, 2.24) is 10.2 Å². The Hall–Kier alpha value is -3.13. The lowest BCUT2D eigenvalue weighted by molar-refractivity contribution is -0.116. The van der Waals surface area contributed by atoms with Gasteiger partial charge in [-0.3, -0.25) is 9.59 Å². The van der Waals surface area contributed by atoms with E-state index in [0.29, 0.717) is 23.2 Å². The van der Waals surface area contributed by atoms with E-state index in [1.54, 1.807) is 17.9 Å². The Morgan fingerprint density at radius 2 is 1.97 bits per heavy atom. The van der Waals surface area contributed by atoms with E-state index in [-0.39, 0.29) is 18.3 Å². The molecule has 8 heteroatoms. The monoisotopic (exact) mass is 437 g/mol. The summed E-state index contributed by atoms with van der Waals surface area (Å²) in [6.45, 7) is 6.20. The summed E-state index contributed by atoms with van der Waals surface area (Å²) in [4.78, 5) is 26.3. The number of carbonyl (C=O) groups excluding carboxylic acids is 2. The Morgan fingerprint density at radius 3 is 2.71 bits per heavy atom. The zero-order valence-electron chi connectivity index (χ0n) is 17.6. The molecule has 1 amide bonds. The maximum atomic E-state index is 12.9. The number of aromatic nitrogens is 2. The molecule has 0 saturated heterocycles. The van der Waals surface area contributed by atoms with Gasteiger partial charge in [-0.25, -0.2) is 0 Å². The molecule has 4 rings (SSSR count). The fourth-order valence-corrected chi connectivity index (χ4v) is 4.22. The number of carbonyl (C=O) groups is 2. The van der Waals surface area contributed by atoms with Gasteiger partial charge in [-0.1, -0.05) is 29.5 Å². The second-order valence-corrected chi connectivity index (χ2v) is 8.74. The summed E-state index contributed by atoms with van der Waals surface area (Å²) in [6.07, 6.45) is 0.756. The zero-order chi connectivity index (χ0) is 22.0. The van der Waals surface area contributed by atoms with Gasteiger partial charge >= 0.3 is 0 Å². The van der Waals surface area contributed by atoms with Gasteiger partial charge in [0.1, 0.15) is 5.75 Å². The highest BCUT2D eigenvalue weighted by Crippen LogP contribution is 2.31. The molecule has 3 aromatic rings. The molecule has 0 N–H and O–H groups in total. The number of hydrogen-bond donors (Lipinski definition) is 0. The fraction of sp³-hybridized carbons (Fsp3) is 0.304. The van der Waals surface area contributed by atoms with Crippen LogP contribution < -0.4 is 9.64 Å². The van der Waals surface area contributed by atoms with Gasteiger partial charge in [0.05, 0.1) is 5.25 Å². The van der Waals surface area contributed by atoms with Crippen molar-refractivity contribution < 1.29 is 18.7 Å². The molecule has 1 aliphatic rings. The first kappa shape index (κ1) is 21.1. The number of aryl methyl sites for hydroxylation is 1. The molecule has 0 fully saturated rings. The number of ether oxygens (including phenoxy) is 1. The van der Waals surface area contributed by atoms with Crippen molar-refractivity contribution in [3.63, 3.8) is 0 Å². The highest BCUT2D eigenvalue weighted by Gasteiger charge is 2.25. The number of ketones is 1. The number of hydrogen-bond acceptors (Lipinski definition) is 7. The Labute approximate surface area is 184 Å². The van der Waals surface area contributed by atoms with E-state index in [0.717, 1.165) is 29.0 Å². The largest absolute Gasteiger partial charge is 0.484 e. The van der Waals surface area contributed by atoms with Crippen LogP contribution in [0.25, 0.3) is 0 Å². The van der Waals surface area contributed by atoms with Gasteiger partial charge in [0.15, 0.2) is 12.4 Å². The molecule has 31 heavy (non-hydrogen) atoms. The molecule has 1 aromatic heterocycles. The maximum Gasteiger partial charge on any atom is 0.277 e. The molecule has 1 aliphatic heterocycles. The minimum absolute atomic E-state index is 0.0142. The average molecular weight is 438 g/mol. The molecule has 160 valence electrons. The topological polar surface area (TPSA) is 85.5 Å². The lowest BCUT2D eigenvalue weighted by Crippen LogP contribution is -2.25. The number of benzene rings is 2. The second kappa shape index (κ2) is 8.93. The number of anilines is 1. The molecule has 0 saturated carbocycles. The van der Waals surface area contributed by atoms with Crippen molar-refractivity contribution in [3.05, 3.63) is 65.0 Å². The number of amides is 1. The van der Waals surface area contributed by atoms with Crippen LogP contribution >= 0.6 is 11.8 Å². The van der Waals surface area contributed by atoms with E-state index in [9.17, 15) is 9.59 Å². The van der Waals surface area contributed by atoms with E-state index >= 15 is 0 Å². The van der Waals surface area contributed by atoms with Gasteiger partial charge < -0.3 is 14.1 Å². The van der Waals surface area contributed by atoms with E-state index in [4.69, 9.17) is 9.15 Å². The molecule has 0 spiro atoms. The molecular weight excluding hydrogens is 414 g/mol. The predicted octanol–water partition coefficient (Wildman–Crippen LogP) is 4.23. The number of thioether (sulfide) groups is 1. The smallest absolute Gasteiger partial charge is 0.277 e. The van der Waals surface area contributed by atoms with Crippen molar-refractivity contribution >= 4 is 29.1 Å². The Morgan fingerprint density at radius 1 is 1.19 bits per heavy atom. The highest BCUT2D eigenvalue weighted by molar-refractivity contribution is 8.00. The minimum atomic E-state index is -0.394. The molecule has 1 atom stereocenters. The van der Waals surface area contributed by atoms with Crippen LogP contribution in [0.2, 0.25) is 0 Å². The normalized spacial score (nSPS) is 13.7. The van der Waals surface area contributed by atoms with Gasteiger partial charge in [-0.15, -0.1) is 10.2 Å². The van der Waals surface area contributed by atoms with Gasteiger partial charge in [0.25, 0.3) is 11.1 Å². The maximum absolute atomic E-state index is 12.9. The molecule has 2 aromatic carbocycles. The summed E-state index contributed by atoms with van der Waals surface area (Å²) >= 11 is 1.22. The summed E-state index contributed by atoms with van der Waals surface area (Å²) in [5.74, 6) is 1.07. The molecule has 7 nitrogen and oxygen atoms in total. The molecule has 0 aliphatic carbocycles. The van der Waals surface area contributed by atoms with Crippen LogP contribution in [-0.4, -0.2) is 33.7 Å². The van der Waals surface area contributed by atoms with Crippen molar-refractivity contribution in [1.29, 1.82) is 0 Å². The molecule has 2 heterocycles. The molecule has 0 radical (unpaired) electrons. The van der Waals surface area contributed by atoms with Gasteiger partial charge in [0.2, 0.25) is 5.91 Å². The summed E-state index contributed by atoms with van der Waals surface area (Å²) in [5.41, 5.74) is 3.68. The van der Waals surface area contributed by atoms with Crippen molar-refractivity contribution in [3.8, 4) is 5.75 Å². The standard InChI is InChI=1S/C23H23N3O4S/c1-14-4-7-19(8-5-14)29-13-21-24-25-23(30-21)31-15(2)22(28)18-6-9-20-17(12-18)10-11-26(20)16(3)27/h4-9,12,15H,10-11,13H2,1-3H3. The predicted molar refractivity (Wildman–Crippen MR) is 118 cm³/mol. The van der Waals surface area contributed by atoms with Crippen LogP contribution in [0.15, 0.2) is 52.1 Å². The molecule has 1 unspecified atom stereocenters. The van der Waals surface area contributed by atoms with Crippen LogP contribution in [-0.2, 0) is 17.8 Å². The quantitative estimate of drug-likeness (QED) is 0.404. The van der Waals surface area contributed by atoms with E-state index in [2.05, 4.69) is 10.2 Å². The van der Waals surface area contributed by atoms with Crippen LogP contribution in [0, 0.1) is 6.92 Å². The van der Waals surface area contributed by atoms with Crippen molar-refractivity contribution in [2.75, 3.05) is 11.4 Å². The lowest BCUT2D eigenvalue weighted by atomic mass is 10.0. The Kier molecular flexibility index (Phi) is 6.08. The SMILES string of the molecule is CC(=O)N1CCc2cc(C(=O)C(C)Sc3nnc(COc4ccc(C)cc4)o3)ccc21. The van der Waals surface area contributed by atoms with Crippen molar-refractivity contribution in [2.24, 2.45) is 0 Å². The van der Waals surface area contributed by atoms with Crippen LogP contribution in [0.5, 0.6) is 5.75 Å². The summed E-state index contributed by atoms with van der Waals surface area (Å²) in [6, 6.07) is 13.2. The first-order chi connectivity index (χ1) is 14.9. The van der Waals surface area contributed by atoms with Crippen molar-refractivity contribution in [2.45, 2.75) is 44.3 Å². The first-order valence-electron chi connectivity index (χ1n) is 10.0. The Balaban J connectivity index is 1.36. The Bertz CT molecular complexity index is 1110. The third-order valence-electron chi connectivity index (χ3n) is 5.12. The summed E-state index contributed by atoms with van der Waals surface area (Å²) in [7, 11) is 0. The van der Waals surface area contributed by atoms with Gasteiger partial charge in [-0.05, 0) is 56.2 Å². The minimum Gasteiger partial charge on any atom is -0.484 e. The second-order valence-electron chi connectivity index (χ2n) is 7.45. The number of rotatable bonds is 7. The van der Waals surface area contributed by atoms with E-state index in [1.165, 1.54) is 11.8 Å². The van der Waals surface area contributed by atoms with Crippen LogP contribution in [0.4, 0.5) is 5.69 Å². The van der Waals surface area contributed by atoms with Crippen LogP contribution in [0.3, 0.4) is 0 Å². The summed E-state index contributed by atoms with van der Waals surface area (Å²) in [5, 5.41) is 7.94. The number of fused-ring (bicyclic) bond motifs is 1. The first-order valence-corrected chi connectivity index (χ1v) is 10.9. The molecule has 0 bridgehead atoms. The van der Waals surface area contributed by atoms with Gasteiger partial charge in [-0.2, -0.15) is 0 Å². The fourth-order valence-electron chi connectivity index (χ4n) is 3.45. The van der Waals surface area contributed by atoms with E-state index in [1.807, 2.05) is 50.2 Å².